The van der Waals surface area contributed by atoms with Gasteiger partial charge in [-0.25, -0.2) is 0 Å². The summed E-state index contributed by atoms with van der Waals surface area (Å²) in [6.45, 7) is 3.27. The van der Waals surface area contributed by atoms with Crippen molar-refractivity contribution >= 4 is 11.9 Å². The van der Waals surface area contributed by atoms with Crippen LogP contribution < -0.4 is 0 Å². The minimum Gasteiger partial charge on any atom is -0.481 e. The molecule has 3 rings (SSSR count). The molecule has 18 heavy (non-hydrogen) atoms. The number of nitrogens with zero attached hydrogens (tertiary/aromatic N) is 1. The molecule has 0 aromatic heterocycles. The molecular weight excluding hydrogens is 234 g/mol. The molecule has 1 amide bonds. The van der Waals surface area contributed by atoms with E-state index in [1.165, 1.54) is 0 Å². The van der Waals surface area contributed by atoms with Gasteiger partial charge in [0.05, 0.1) is 18.6 Å². The highest BCUT2D eigenvalue weighted by molar-refractivity contribution is 5.90. The summed E-state index contributed by atoms with van der Waals surface area (Å²) in [5, 5.41) is 9.27. The highest BCUT2D eigenvalue weighted by Gasteiger charge is 2.66. The molecule has 5 nitrogen and oxygen atoms in total. The van der Waals surface area contributed by atoms with Crippen LogP contribution in [0.25, 0.3) is 0 Å². The number of rotatable bonds is 4. The predicted molar refractivity (Wildman–Crippen MR) is 62.8 cm³/mol. The monoisotopic (exact) mass is 251 g/mol. The van der Waals surface area contributed by atoms with Gasteiger partial charge in [-0.2, -0.15) is 0 Å². The minimum atomic E-state index is -0.929. The number of carboxylic acid groups (broad SMARTS) is 1. The molecule has 5 heteroatoms. The van der Waals surface area contributed by atoms with E-state index in [2.05, 4.69) is 6.92 Å². The Morgan fingerprint density at radius 3 is 3.11 bits per heavy atom. The van der Waals surface area contributed by atoms with Crippen LogP contribution in [0.5, 0.6) is 0 Å². The Morgan fingerprint density at radius 2 is 2.44 bits per heavy atom. The van der Waals surface area contributed by atoms with Crippen LogP contribution in [0.3, 0.4) is 0 Å². The number of hydrogen-bond donors (Lipinski definition) is 1. The first-order chi connectivity index (χ1) is 8.59. The number of carbonyl (C=O) groups is 2. The maximum atomic E-state index is 12.3. The molecule has 0 saturated carbocycles. The van der Waals surface area contributed by atoms with Crippen molar-refractivity contribution < 1.29 is 19.4 Å². The van der Waals surface area contributed by atoms with Gasteiger partial charge in [0.2, 0.25) is 5.91 Å². The number of unbranched alkanes of at least 4 members (excludes halogenated alkanes) is 1. The van der Waals surface area contributed by atoms with Crippen LogP contribution >= 0.6 is 0 Å². The maximum Gasteiger partial charge on any atom is 0.310 e. The Morgan fingerprint density at radius 1 is 1.67 bits per heavy atom. The number of carboxylic acids is 1. The summed E-state index contributed by atoms with van der Waals surface area (Å²) in [7, 11) is 0. The van der Waals surface area contributed by atoms with E-state index in [4.69, 9.17) is 4.74 Å². The van der Waals surface area contributed by atoms with Crippen molar-refractivity contribution in [3.05, 3.63) is 12.2 Å². The lowest BCUT2D eigenvalue weighted by molar-refractivity contribution is -0.148. The Labute approximate surface area is 105 Å². The van der Waals surface area contributed by atoms with Crippen molar-refractivity contribution in [3.63, 3.8) is 0 Å². The van der Waals surface area contributed by atoms with Crippen molar-refractivity contribution in [3.8, 4) is 0 Å². The Hall–Kier alpha value is -1.36. The van der Waals surface area contributed by atoms with Crippen LogP contribution in [0.2, 0.25) is 0 Å². The van der Waals surface area contributed by atoms with Gasteiger partial charge < -0.3 is 14.7 Å². The zero-order chi connectivity index (χ0) is 12.9. The third-order valence-electron chi connectivity index (χ3n) is 4.25. The third-order valence-corrected chi connectivity index (χ3v) is 4.25. The van der Waals surface area contributed by atoms with E-state index in [0.717, 1.165) is 12.8 Å². The molecule has 0 aromatic rings. The fourth-order valence-corrected chi connectivity index (χ4v) is 3.40. The summed E-state index contributed by atoms with van der Waals surface area (Å²) in [6, 6.07) is 0. The number of hydrogen-bond acceptors (Lipinski definition) is 3. The lowest BCUT2D eigenvalue weighted by atomic mass is 9.77. The molecule has 0 radical (unpaired) electrons. The fraction of sp³-hybridized carbons (Fsp3) is 0.692. The van der Waals surface area contributed by atoms with E-state index in [1.54, 1.807) is 11.0 Å². The first-order valence-corrected chi connectivity index (χ1v) is 6.48. The summed E-state index contributed by atoms with van der Waals surface area (Å²) in [6.07, 6.45) is 5.23. The van der Waals surface area contributed by atoms with Gasteiger partial charge in [-0.1, -0.05) is 25.5 Å². The van der Waals surface area contributed by atoms with Gasteiger partial charge in [0.1, 0.15) is 11.5 Å². The number of carbonyl (C=O) groups excluding carboxylic acids is 1. The van der Waals surface area contributed by atoms with Gasteiger partial charge in [0.25, 0.3) is 0 Å². The fourth-order valence-electron chi connectivity index (χ4n) is 3.40. The third kappa shape index (κ3) is 1.37. The average molecular weight is 251 g/mol. The molecule has 2 bridgehead atoms. The van der Waals surface area contributed by atoms with Crippen LogP contribution in [0.1, 0.15) is 19.8 Å². The van der Waals surface area contributed by atoms with Crippen molar-refractivity contribution in [2.24, 2.45) is 11.8 Å². The lowest BCUT2D eigenvalue weighted by Gasteiger charge is -2.21. The summed E-state index contributed by atoms with van der Waals surface area (Å²) < 4.78 is 5.78. The van der Waals surface area contributed by atoms with Gasteiger partial charge in [0.15, 0.2) is 0 Å². The number of fused-ring (bicyclic) bond motifs is 1. The van der Waals surface area contributed by atoms with Gasteiger partial charge in [-0.05, 0) is 6.42 Å². The van der Waals surface area contributed by atoms with E-state index in [9.17, 15) is 14.7 Å². The largest absolute Gasteiger partial charge is 0.481 e. The maximum absolute atomic E-state index is 12.3. The molecule has 3 aliphatic heterocycles. The van der Waals surface area contributed by atoms with Crippen LogP contribution in [-0.4, -0.2) is 46.7 Å². The second-order valence-electron chi connectivity index (χ2n) is 5.35. The second kappa shape index (κ2) is 3.82. The summed E-state index contributed by atoms with van der Waals surface area (Å²) >= 11 is 0. The quantitative estimate of drug-likeness (QED) is 0.745. The molecule has 0 unspecified atom stereocenters. The SMILES string of the molecule is CCCCN1C[C@]23C=C[C@@H](O2)[C@@H](C(=O)O)[C@@H]3C1=O. The van der Waals surface area contributed by atoms with E-state index in [-0.39, 0.29) is 5.91 Å². The molecule has 1 spiro atoms. The van der Waals surface area contributed by atoms with Crippen LogP contribution in [0.15, 0.2) is 12.2 Å². The number of ether oxygens (including phenoxy) is 1. The Balaban J connectivity index is 1.87. The molecule has 3 heterocycles. The number of amides is 1. The highest BCUT2D eigenvalue weighted by Crippen LogP contribution is 2.51. The van der Waals surface area contributed by atoms with Crippen molar-refractivity contribution in [2.45, 2.75) is 31.5 Å². The molecule has 0 aliphatic carbocycles. The van der Waals surface area contributed by atoms with Crippen LogP contribution in [0, 0.1) is 11.8 Å². The van der Waals surface area contributed by atoms with E-state index in [0.29, 0.717) is 13.1 Å². The summed E-state index contributed by atoms with van der Waals surface area (Å²) in [4.78, 5) is 25.4. The van der Waals surface area contributed by atoms with E-state index >= 15 is 0 Å². The van der Waals surface area contributed by atoms with Crippen LogP contribution in [0.4, 0.5) is 0 Å². The van der Waals surface area contributed by atoms with Gasteiger partial charge >= 0.3 is 5.97 Å². The number of aliphatic carboxylic acids is 1. The predicted octanol–water partition coefficient (Wildman–Crippen LogP) is 0.653. The zero-order valence-corrected chi connectivity index (χ0v) is 10.3. The molecule has 98 valence electrons. The first-order valence-electron chi connectivity index (χ1n) is 6.48. The average Bonchev–Trinajstić information content (AvgIpc) is 2.95. The van der Waals surface area contributed by atoms with E-state index in [1.807, 2.05) is 6.08 Å². The zero-order valence-electron chi connectivity index (χ0n) is 10.3. The lowest BCUT2D eigenvalue weighted by Crippen LogP contribution is -2.39. The van der Waals surface area contributed by atoms with Gasteiger partial charge in [-0.3, -0.25) is 9.59 Å². The molecule has 2 saturated heterocycles. The second-order valence-corrected chi connectivity index (χ2v) is 5.35. The molecular formula is C13H17NO4. The van der Waals surface area contributed by atoms with Gasteiger partial charge in [-0.15, -0.1) is 0 Å². The Bertz CT molecular complexity index is 433. The summed E-state index contributed by atoms with van der Waals surface area (Å²) in [5.41, 5.74) is -0.668. The molecule has 1 N–H and O–H groups in total. The topological polar surface area (TPSA) is 66.8 Å². The Kier molecular flexibility index (Phi) is 2.48. The summed E-state index contributed by atoms with van der Waals surface area (Å²) in [5.74, 6) is -2.22. The van der Waals surface area contributed by atoms with Crippen molar-refractivity contribution in [1.82, 2.24) is 4.90 Å². The normalized spacial score (nSPS) is 40.6. The van der Waals surface area contributed by atoms with Gasteiger partial charge in [0, 0.05) is 6.54 Å². The smallest absolute Gasteiger partial charge is 0.310 e. The molecule has 3 aliphatic rings. The number of likely N-dealkylation sites (tertiary alicyclic amines) is 1. The van der Waals surface area contributed by atoms with Crippen LogP contribution in [-0.2, 0) is 14.3 Å². The van der Waals surface area contributed by atoms with E-state index < -0.39 is 29.5 Å². The minimum absolute atomic E-state index is 0.0531. The first kappa shape index (κ1) is 11.7. The molecule has 0 aromatic carbocycles. The standard InChI is InChI=1S/C13H17NO4/c1-2-3-6-14-7-13-5-4-8(18-13)9(12(16)17)10(13)11(14)15/h4-5,8-10H,2-3,6-7H2,1H3,(H,16,17)/t8-,9-,10-,13+/m1/s1. The van der Waals surface area contributed by atoms with Crippen molar-refractivity contribution in [1.29, 1.82) is 0 Å². The molecule has 4 atom stereocenters. The highest BCUT2D eigenvalue weighted by atomic mass is 16.5. The molecule has 2 fully saturated rings. The van der Waals surface area contributed by atoms with Crippen molar-refractivity contribution in [2.75, 3.05) is 13.1 Å².